The Hall–Kier alpha value is -4.20. The van der Waals surface area contributed by atoms with E-state index in [1.807, 2.05) is 45.0 Å². The Morgan fingerprint density at radius 2 is 1.75 bits per heavy atom. The number of benzene rings is 2. The first-order chi connectivity index (χ1) is 20.6. The molecule has 1 saturated carbocycles. The second-order valence-electron chi connectivity index (χ2n) is 12.0. The molecule has 236 valence electrons. The molecule has 1 aliphatic carbocycles. The Labute approximate surface area is 250 Å². The summed E-state index contributed by atoms with van der Waals surface area (Å²) < 4.78 is 76.3. The molecule has 0 bridgehead atoms. The van der Waals surface area contributed by atoms with Crippen molar-refractivity contribution in [2.45, 2.75) is 69.8 Å². The zero-order valence-electron chi connectivity index (χ0n) is 24.5. The minimum atomic E-state index is -4.41. The van der Waals surface area contributed by atoms with Crippen LogP contribution in [-0.2, 0) is 12.0 Å². The summed E-state index contributed by atoms with van der Waals surface area (Å²) in [7, 11) is 1.57. The molecule has 14 heteroatoms. The predicted molar refractivity (Wildman–Crippen MR) is 156 cm³/mol. The van der Waals surface area contributed by atoms with E-state index in [1.54, 1.807) is 25.3 Å². The van der Waals surface area contributed by atoms with Gasteiger partial charge in [-0.2, -0.15) is 13.2 Å². The van der Waals surface area contributed by atoms with Crippen LogP contribution in [0.25, 0.3) is 22.5 Å². The minimum Gasteiger partial charge on any atom is -0.497 e. The third-order valence-electron chi connectivity index (χ3n) is 7.43. The summed E-state index contributed by atoms with van der Waals surface area (Å²) in [4.78, 5) is 4.80. The summed E-state index contributed by atoms with van der Waals surface area (Å²) >= 11 is 0. The summed E-state index contributed by atoms with van der Waals surface area (Å²) in [6.07, 6.45) is -7.60. The number of methoxy groups -OCH3 is 1. The van der Waals surface area contributed by atoms with Crippen molar-refractivity contribution < 1.29 is 36.2 Å². The first kappa shape index (κ1) is 31.2. The number of nitrogens with zero attached hydrogens (tertiary/aromatic N) is 3. The maximum Gasteiger partial charge on any atom is 0.405 e. The van der Waals surface area contributed by atoms with E-state index >= 15 is 0 Å². The molecule has 4 N–H and O–H groups in total. The number of fused-ring (bicyclic) bond motifs is 1. The van der Waals surface area contributed by atoms with Crippen LogP contribution in [0.1, 0.15) is 44.7 Å². The van der Waals surface area contributed by atoms with Crippen molar-refractivity contribution in [3.8, 4) is 17.3 Å². The normalized spacial score (nSPS) is 18.8. The second-order valence-corrected chi connectivity index (χ2v) is 12.0. The summed E-state index contributed by atoms with van der Waals surface area (Å²) in [5, 5.41) is 27.2. The minimum absolute atomic E-state index is 0.0151. The first-order valence-corrected chi connectivity index (χ1v) is 13.9. The lowest BCUT2D eigenvalue weighted by molar-refractivity contribution is -0.148. The summed E-state index contributed by atoms with van der Waals surface area (Å²) in [6, 6.07) is 11.9. The van der Waals surface area contributed by atoms with Crippen molar-refractivity contribution >= 4 is 28.3 Å². The molecule has 0 amide bonds. The maximum absolute atomic E-state index is 13.1. The van der Waals surface area contributed by atoms with E-state index in [0.717, 1.165) is 5.56 Å². The highest BCUT2D eigenvalue weighted by Gasteiger charge is 2.50. The van der Waals surface area contributed by atoms with Crippen molar-refractivity contribution in [2.24, 2.45) is 0 Å². The highest BCUT2D eigenvalue weighted by atomic mass is 19.4. The van der Waals surface area contributed by atoms with Gasteiger partial charge in [-0.25, -0.2) is 13.8 Å². The Balaban J connectivity index is 1.52. The smallest absolute Gasteiger partial charge is 0.405 e. The van der Waals surface area contributed by atoms with Crippen molar-refractivity contribution in [3.05, 3.63) is 53.6 Å². The van der Waals surface area contributed by atoms with Crippen LogP contribution >= 0.6 is 0 Å². The SMILES string of the molecule is COc1ccc(CNc2cc(-c3nnc(NC4CC(O)(C(F)F)C4)o3)nc3c(C(C)(C)C)cc(NCC(F)(F)F)cc23)cc1. The Morgan fingerprint density at radius 3 is 2.36 bits per heavy atom. The van der Waals surface area contributed by atoms with E-state index < -0.39 is 36.2 Å². The van der Waals surface area contributed by atoms with Crippen molar-refractivity contribution in [1.82, 2.24) is 15.2 Å². The zero-order valence-corrected chi connectivity index (χ0v) is 24.5. The molecule has 0 unspecified atom stereocenters. The van der Waals surface area contributed by atoms with E-state index in [9.17, 15) is 27.1 Å². The van der Waals surface area contributed by atoms with Crippen LogP contribution in [0.15, 0.2) is 46.9 Å². The van der Waals surface area contributed by atoms with E-state index in [1.165, 1.54) is 0 Å². The molecule has 44 heavy (non-hydrogen) atoms. The highest BCUT2D eigenvalue weighted by molar-refractivity contribution is 5.98. The predicted octanol–water partition coefficient (Wildman–Crippen LogP) is 6.75. The molecule has 2 aromatic carbocycles. The van der Waals surface area contributed by atoms with Crippen LogP contribution in [0.3, 0.4) is 0 Å². The molecule has 0 spiro atoms. The Kier molecular flexibility index (Phi) is 8.31. The van der Waals surface area contributed by atoms with Gasteiger partial charge in [0.05, 0.1) is 12.6 Å². The lowest BCUT2D eigenvalue weighted by Crippen LogP contribution is -2.55. The van der Waals surface area contributed by atoms with Gasteiger partial charge >= 0.3 is 12.2 Å². The second kappa shape index (κ2) is 11.7. The summed E-state index contributed by atoms with van der Waals surface area (Å²) in [5.74, 6) is 0.742. The maximum atomic E-state index is 13.1. The summed E-state index contributed by atoms with van der Waals surface area (Å²) in [5.41, 5.74) is 0.738. The Morgan fingerprint density at radius 1 is 1.05 bits per heavy atom. The van der Waals surface area contributed by atoms with Crippen LogP contribution in [0.2, 0.25) is 0 Å². The number of ether oxygens (including phenoxy) is 1. The molecule has 0 atom stereocenters. The number of anilines is 3. The highest BCUT2D eigenvalue weighted by Crippen LogP contribution is 2.40. The van der Waals surface area contributed by atoms with Gasteiger partial charge in [0.1, 0.15) is 23.6 Å². The number of aliphatic hydroxyl groups is 1. The van der Waals surface area contributed by atoms with Gasteiger partial charge in [0.15, 0.2) is 0 Å². The molecule has 1 aliphatic rings. The number of nitrogens with one attached hydrogen (secondary N) is 3. The van der Waals surface area contributed by atoms with E-state index in [4.69, 9.17) is 14.1 Å². The van der Waals surface area contributed by atoms with Gasteiger partial charge in [-0.15, -0.1) is 5.10 Å². The van der Waals surface area contributed by atoms with Gasteiger partial charge in [-0.05, 0) is 46.9 Å². The molecule has 1 fully saturated rings. The van der Waals surface area contributed by atoms with Crippen LogP contribution in [-0.4, -0.2) is 58.2 Å². The third-order valence-corrected chi connectivity index (χ3v) is 7.43. The van der Waals surface area contributed by atoms with Gasteiger partial charge < -0.3 is 30.2 Å². The van der Waals surface area contributed by atoms with Gasteiger partial charge in [-0.1, -0.05) is 38.0 Å². The van der Waals surface area contributed by atoms with Gasteiger partial charge in [0.25, 0.3) is 12.3 Å². The van der Waals surface area contributed by atoms with Crippen molar-refractivity contribution in [1.29, 1.82) is 0 Å². The fraction of sp³-hybridized carbons (Fsp3) is 0.433. The molecule has 4 aromatic rings. The zero-order chi connectivity index (χ0) is 31.9. The molecular weight excluding hydrogens is 587 g/mol. The van der Waals surface area contributed by atoms with Gasteiger partial charge in [-0.3, -0.25) is 0 Å². The molecule has 2 aromatic heterocycles. The average molecular weight is 621 g/mol. The number of rotatable bonds is 10. The third kappa shape index (κ3) is 6.95. The quantitative estimate of drug-likeness (QED) is 0.143. The molecule has 0 saturated heterocycles. The molecule has 2 heterocycles. The molecular formula is C30H33F5N6O3. The van der Waals surface area contributed by atoms with E-state index in [2.05, 4.69) is 26.1 Å². The first-order valence-electron chi connectivity index (χ1n) is 13.9. The van der Waals surface area contributed by atoms with Crippen molar-refractivity contribution in [3.63, 3.8) is 0 Å². The number of alkyl halides is 5. The molecule has 5 rings (SSSR count). The fourth-order valence-electron chi connectivity index (χ4n) is 5.03. The topological polar surface area (TPSA) is 117 Å². The van der Waals surface area contributed by atoms with Gasteiger partial charge in [0.2, 0.25) is 0 Å². The molecule has 0 aliphatic heterocycles. The number of halogens is 5. The lowest BCUT2D eigenvalue weighted by Gasteiger charge is -2.42. The van der Waals surface area contributed by atoms with Crippen molar-refractivity contribution in [2.75, 3.05) is 29.6 Å². The van der Waals surface area contributed by atoms with Gasteiger partial charge in [0, 0.05) is 42.2 Å². The molecule has 0 radical (unpaired) electrons. The Bertz CT molecular complexity index is 1610. The monoisotopic (exact) mass is 620 g/mol. The van der Waals surface area contributed by atoms with Crippen LogP contribution in [0.4, 0.5) is 39.3 Å². The number of hydrogen-bond acceptors (Lipinski definition) is 9. The fourth-order valence-corrected chi connectivity index (χ4v) is 5.03. The largest absolute Gasteiger partial charge is 0.497 e. The lowest BCUT2D eigenvalue weighted by atomic mass is 9.76. The number of hydrogen-bond donors (Lipinski definition) is 4. The average Bonchev–Trinajstić information content (AvgIpc) is 3.41. The number of aromatic nitrogens is 3. The summed E-state index contributed by atoms with van der Waals surface area (Å²) in [6.45, 7) is 4.97. The van der Waals surface area contributed by atoms with Crippen LogP contribution in [0.5, 0.6) is 5.75 Å². The molecule has 9 nitrogen and oxygen atoms in total. The van der Waals surface area contributed by atoms with Crippen LogP contribution < -0.4 is 20.7 Å². The van der Waals surface area contributed by atoms with E-state index in [-0.39, 0.29) is 30.4 Å². The van der Waals surface area contributed by atoms with Crippen LogP contribution in [0, 0.1) is 0 Å². The standard InChI is InChI=1S/C30H33F5N6O3/c1-28(2,3)21-10-17(37-15-30(33,34)35)9-20-22(36-14-16-5-7-19(43-4)8-6-16)11-23(39-24(20)21)25-40-41-27(44-25)38-18-12-29(42,13-18)26(31)32/h5-11,18,26,37,42H,12-15H2,1-4H3,(H,36,39)(H,38,41). The van der Waals surface area contributed by atoms with E-state index in [0.29, 0.717) is 40.1 Å². The number of pyridine rings is 1.